The fraction of sp³-hybridized carbons (Fsp3) is 0.579. The van der Waals surface area contributed by atoms with Crippen LogP contribution in [-0.4, -0.2) is 35.7 Å². The van der Waals surface area contributed by atoms with Gasteiger partial charge in [0.05, 0.1) is 18.4 Å². The zero-order chi connectivity index (χ0) is 17.0. The van der Waals surface area contributed by atoms with Crippen molar-refractivity contribution in [2.45, 2.75) is 58.1 Å². The van der Waals surface area contributed by atoms with Crippen molar-refractivity contribution >= 4 is 5.57 Å². The highest BCUT2D eigenvalue weighted by molar-refractivity contribution is 5.70. The number of benzene rings is 1. The van der Waals surface area contributed by atoms with Gasteiger partial charge in [0.15, 0.2) is 0 Å². The first-order valence-corrected chi connectivity index (χ1v) is 8.30. The molecular weight excluding hydrogens is 290 g/mol. The smallest absolute Gasteiger partial charge is 0.116 e. The van der Waals surface area contributed by atoms with Gasteiger partial charge in [-0.15, -0.1) is 0 Å². The third kappa shape index (κ3) is 3.77. The van der Waals surface area contributed by atoms with Gasteiger partial charge in [0.1, 0.15) is 5.76 Å². The molecule has 1 saturated carbocycles. The number of aryl methyl sites for hydroxylation is 2. The Morgan fingerprint density at radius 3 is 2.52 bits per heavy atom. The minimum Gasteiger partial charge on any atom is -0.510 e. The van der Waals surface area contributed by atoms with Gasteiger partial charge in [0, 0.05) is 7.11 Å². The lowest BCUT2D eigenvalue weighted by Crippen LogP contribution is -2.51. The van der Waals surface area contributed by atoms with E-state index >= 15 is 0 Å². The van der Waals surface area contributed by atoms with Gasteiger partial charge in [-0.2, -0.15) is 0 Å². The molecule has 1 aromatic carbocycles. The Hall–Kier alpha value is -1.36. The molecule has 0 spiro atoms. The summed E-state index contributed by atoms with van der Waals surface area (Å²) >= 11 is 0. The highest BCUT2D eigenvalue weighted by Gasteiger charge is 2.39. The first-order valence-electron chi connectivity index (χ1n) is 8.30. The lowest BCUT2D eigenvalue weighted by atomic mass is 9.77. The van der Waals surface area contributed by atoms with E-state index in [-0.39, 0.29) is 12.8 Å². The molecule has 23 heavy (non-hydrogen) atoms. The number of hydrogen-bond acceptors (Lipinski definition) is 4. The zero-order valence-electron chi connectivity index (χ0n) is 14.6. The van der Waals surface area contributed by atoms with Crippen molar-refractivity contribution < 1.29 is 14.9 Å². The molecule has 4 heteroatoms. The maximum absolute atomic E-state index is 11.0. The first kappa shape index (κ1) is 18.0. The molecule has 4 nitrogen and oxygen atoms in total. The summed E-state index contributed by atoms with van der Waals surface area (Å²) in [5.41, 5.74) is 3.69. The highest BCUT2D eigenvalue weighted by atomic mass is 16.5. The zero-order valence-corrected chi connectivity index (χ0v) is 14.6. The number of hydrogen-bond donors (Lipinski definition) is 3. The Morgan fingerprint density at radius 2 is 1.96 bits per heavy atom. The van der Waals surface area contributed by atoms with Gasteiger partial charge in [-0.1, -0.05) is 23.8 Å². The average Bonchev–Trinajstić information content (AvgIpc) is 2.56. The average molecular weight is 319 g/mol. The summed E-state index contributed by atoms with van der Waals surface area (Å²) in [5.74, 6) is 0.342. The minimum absolute atomic E-state index is 0.151. The van der Waals surface area contributed by atoms with E-state index in [0.717, 1.165) is 42.4 Å². The number of aliphatic hydroxyl groups is 2. The van der Waals surface area contributed by atoms with E-state index in [1.807, 2.05) is 6.92 Å². The van der Waals surface area contributed by atoms with Gasteiger partial charge in [0.25, 0.3) is 0 Å². The van der Waals surface area contributed by atoms with Crippen LogP contribution in [0.4, 0.5) is 0 Å². The summed E-state index contributed by atoms with van der Waals surface area (Å²) in [6, 6.07) is 6.26. The fourth-order valence-corrected chi connectivity index (χ4v) is 3.59. The number of nitrogens with one attached hydrogen (secondary N) is 1. The van der Waals surface area contributed by atoms with Crippen LogP contribution in [0.1, 0.15) is 49.3 Å². The molecule has 0 unspecified atom stereocenters. The van der Waals surface area contributed by atoms with Crippen LogP contribution in [0.25, 0.3) is 5.57 Å². The molecule has 0 aliphatic heterocycles. The predicted octanol–water partition coefficient (Wildman–Crippen LogP) is 3.46. The Balaban J connectivity index is 2.39. The first-order chi connectivity index (χ1) is 10.9. The van der Waals surface area contributed by atoms with Crippen LogP contribution in [0.2, 0.25) is 0 Å². The molecule has 128 valence electrons. The number of rotatable bonds is 5. The maximum atomic E-state index is 11.0. The molecule has 2 rings (SSSR count). The number of ether oxygens (including phenoxy) is 1. The third-order valence-electron chi connectivity index (χ3n) is 5.14. The number of aliphatic hydroxyl groups excluding tert-OH is 2. The van der Waals surface area contributed by atoms with E-state index in [1.165, 1.54) is 5.56 Å². The molecule has 1 aromatic rings. The Morgan fingerprint density at radius 1 is 1.30 bits per heavy atom. The molecule has 0 radical (unpaired) electrons. The standard InChI is InChI=1S/C19H29NO3/c1-13-5-6-14(2)17(11-13)15(3)18(22)19(20-12-21)9-7-16(23-4)8-10-19/h5-6,11,16,20-22H,7-10,12H2,1-4H3/b18-15-/t16-,19+. The summed E-state index contributed by atoms with van der Waals surface area (Å²) in [6.45, 7) is 5.92. The molecule has 0 atom stereocenters. The summed E-state index contributed by atoms with van der Waals surface area (Å²) in [4.78, 5) is 0. The fourth-order valence-electron chi connectivity index (χ4n) is 3.59. The molecule has 1 aliphatic carbocycles. The molecule has 0 heterocycles. The van der Waals surface area contributed by atoms with Gasteiger partial charge < -0.3 is 14.9 Å². The molecule has 0 amide bonds. The molecule has 0 saturated heterocycles. The van der Waals surface area contributed by atoms with Gasteiger partial charge >= 0.3 is 0 Å². The summed E-state index contributed by atoms with van der Waals surface area (Å²) < 4.78 is 5.43. The van der Waals surface area contributed by atoms with Crippen LogP contribution in [0.15, 0.2) is 24.0 Å². The molecule has 3 N–H and O–H groups in total. The van der Waals surface area contributed by atoms with E-state index in [9.17, 15) is 10.2 Å². The molecule has 0 bridgehead atoms. The summed E-state index contributed by atoms with van der Waals surface area (Å²) in [6.07, 6.45) is 3.47. The van der Waals surface area contributed by atoms with Crippen LogP contribution in [-0.2, 0) is 4.74 Å². The van der Waals surface area contributed by atoms with E-state index in [2.05, 4.69) is 37.4 Å². The van der Waals surface area contributed by atoms with Crippen molar-refractivity contribution in [2.75, 3.05) is 13.8 Å². The van der Waals surface area contributed by atoms with Crippen LogP contribution in [0.3, 0.4) is 0 Å². The van der Waals surface area contributed by atoms with E-state index in [1.54, 1.807) is 7.11 Å². The molecule has 1 fully saturated rings. The SMILES string of the molecule is CO[C@H]1CC[C@](NCO)(/C(O)=C(\C)c2cc(C)ccc2C)CC1. The van der Waals surface area contributed by atoms with Gasteiger partial charge in [-0.3, -0.25) is 5.32 Å². The lowest BCUT2D eigenvalue weighted by Gasteiger charge is -2.40. The van der Waals surface area contributed by atoms with Gasteiger partial charge in [-0.05, 0) is 63.2 Å². The van der Waals surface area contributed by atoms with Crippen molar-refractivity contribution in [2.24, 2.45) is 0 Å². The highest BCUT2D eigenvalue weighted by Crippen LogP contribution is 2.38. The quantitative estimate of drug-likeness (QED) is 0.574. The predicted molar refractivity (Wildman–Crippen MR) is 93.4 cm³/mol. The number of methoxy groups -OCH3 is 1. The Kier molecular flexibility index (Phi) is 5.84. The van der Waals surface area contributed by atoms with Crippen molar-refractivity contribution in [3.05, 3.63) is 40.6 Å². The van der Waals surface area contributed by atoms with E-state index in [0.29, 0.717) is 5.76 Å². The van der Waals surface area contributed by atoms with Crippen LogP contribution in [0, 0.1) is 13.8 Å². The topological polar surface area (TPSA) is 61.7 Å². The second kappa shape index (κ2) is 7.47. The number of allylic oxidation sites excluding steroid dienone is 1. The van der Waals surface area contributed by atoms with E-state index < -0.39 is 5.54 Å². The van der Waals surface area contributed by atoms with Gasteiger partial charge in [0.2, 0.25) is 0 Å². The van der Waals surface area contributed by atoms with Crippen molar-refractivity contribution in [1.29, 1.82) is 0 Å². The lowest BCUT2D eigenvalue weighted by molar-refractivity contribution is 0.0329. The largest absolute Gasteiger partial charge is 0.510 e. The van der Waals surface area contributed by atoms with Crippen molar-refractivity contribution in [3.8, 4) is 0 Å². The summed E-state index contributed by atoms with van der Waals surface area (Å²) in [5, 5.41) is 23.6. The van der Waals surface area contributed by atoms with Crippen LogP contribution >= 0.6 is 0 Å². The van der Waals surface area contributed by atoms with Crippen LogP contribution < -0.4 is 5.32 Å². The van der Waals surface area contributed by atoms with Gasteiger partial charge in [-0.25, -0.2) is 0 Å². The maximum Gasteiger partial charge on any atom is 0.116 e. The molecule has 0 aromatic heterocycles. The second-order valence-corrected chi connectivity index (χ2v) is 6.64. The normalized spacial score (nSPS) is 26.0. The third-order valence-corrected chi connectivity index (χ3v) is 5.14. The Bertz CT molecular complexity index is 572. The minimum atomic E-state index is -0.565. The van der Waals surface area contributed by atoms with Crippen LogP contribution in [0.5, 0.6) is 0 Å². The monoisotopic (exact) mass is 319 g/mol. The second-order valence-electron chi connectivity index (χ2n) is 6.64. The molecular formula is C19H29NO3. The van der Waals surface area contributed by atoms with E-state index in [4.69, 9.17) is 4.74 Å². The van der Waals surface area contributed by atoms with Crippen molar-refractivity contribution in [1.82, 2.24) is 5.32 Å². The Labute approximate surface area is 139 Å². The summed E-state index contributed by atoms with van der Waals surface area (Å²) in [7, 11) is 1.73. The van der Waals surface area contributed by atoms with Crippen molar-refractivity contribution in [3.63, 3.8) is 0 Å². The molecule has 1 aliphatic rings.